The molecule has 0 bridgehead atoms. The Bertz CT molecular complexity index is 699. The van der Waals surface area contributed by atoms with E-state index in [9.17, 15) is 0 Å². The van der Waals surface area contributed by atoms with E-state index in [-0.39, 0.29) is 0 Å². The standard InChI is InChI=1S/C16H11BrN2O/c17-15-10-16(19-11-18-15)20-14-8-6-13(7-9-14)12-4-2-1-3-5-12/h1-11H. The van der Waals surface area contributed by atoms with Gasteiger partial charge in [0.2, 0.25) is 5.88 Å². The van der Waals surface area contributed by atoms with Crippen LogP contribution in [0.4, 0.5) is 0 Å². The summed E-state index contributed by atoms with van der Waals surface area (Å²) in [5.74, 6) is 1.26. The Morgan fingerprint density at radius 2 is 1.50 bits per heavy atom. The molecule has 0 amide bonds. The molecule has 20 heavy (non-hydrogen) atoms. The predicted octanol–water partition coefficient (Wildman–Crippen LogP) is 4.70. The lowest BCUT2D eigenvalue weighted by Gasteiger charge is -2.06. The molecule has 4 heteroatoms. The maximum atomic E-state index is 5.67. The summed E-state index contributed by atoms with van der Waals surface area (Å²) in [6.45, 7) is 0. The van der Waals surface area contributed by atoms with E-state index in [1.165, 1.54) is 11.9 Å². The lowest BCUT2D eigenvalue weighted by Crippen LogP contribution is -1.89. The zero-order valence-corrected chi connectivity index (χ0v) is 12.1. The third-order valence-electron chi connectivity index (χ3n) is 2.79. The number of rotatable bonds is 3. The second-order valence-corrected chi connectivity index (χ2v) is 4.98. The smallest absolute Gasteiger partial charge is 0.223 e. The summed E-state index contributed by atoms with van der Waals surface area (Å²) in [7, 11) is 0. The van der Waals surface area contributed by atoms with Gasteiger partial charge in [0.05, 0.1) is 0 Å². The van der Waals surface area contributed by atoms with E-state index in [4.69, 9.17) is 4.74 Å². The van der Waals surface area contributed by atoms with Gasteiger partial charge in [-0.1, -0.05) is 42.5 Å². The van der Waals surface area contributed by atoms with Crippen molar-refractivity contribution in [1.29, 1.82) is 0 Å². The minimum absolute atomic E-state index is 0.513. The Kier molecular flexibility index (Phi) is 3.74. The van der Waals surface area contributed by atoms with Gasteiger partial charge >= 0.3 is 0 Å². The van der Waals surface area contributed by atoms with Crippen LogP contribution >= 0.6 is 15.9 Å². The van der Waals surface area contributed by atoms with Crippen LogP contribution in [-0.2, 0) is 0 Å². The third kappa shape index (κ3) is 3.03. The van der Waals surface area contributed by atoms with E-state index in [2.05, 4.69) is 38.0 Å². The van der Waals surface area contributed by atoms with Crippen LogP contribution in [0.5, 0.6) is 11.6 Å². The topological polar surface area (TPSA) is 35.0 Å². The number of ether oxygens (including phenoxy) is 1. The summed E-state index contributed by atoms with van der Waals surface area (Å²) < 4.78 is 6.37. The minimum atomic E-state index is 0.513. The summed E-state index contributed by atoms with van der Waals surface area (Å²) in [6.07, 6.45) is 1.46. The Morgan fingerprint density at radius 1 is 0.800 bits per heavy atom. The average Bonchev–Trinajstić information content (AvgIpc) is 2.49. The molecule has 0 fully saturated rings. The Balaban J connectivity index is 1.80. The molecule has 2 aromatic carbocycles. The van der Waals surface area contributed by atoms with Crippen molar-refractivity contribution < 1.29 is 4.74 Å². The van der Waals surface area contributed by atoms with E-state index in [0.29, 0.717) is 10.5 Å². The van der Waals surface area contributed by atoms with Crippen molar-refractivity contribution in [1.82, 2.24) is 9.97 Å². The van der Waals surface area contributed by atoms with Crippen LogP contribution in [0.1, 0.15) is 0 Å². The van der Waals surface area contributed by atoms with E-state index < -0.39 is 0 Å². The fourth-order valence-corrected chi connectivity index (χ4v) is 2.13. The fraction of sp³-hybridized carbons (Fsp3) is 0. The molecule has 98 valence electrons. The van der Waals surface area contributed by atoms with Gasteiger partial charge in [-0.25, -0.2) is 9.97 Å². The first-order valence-corrected chi connectivity index (χ1v) is 6.91. The molecule has 1 heterocycles. The zero-order valence-electron chi connectivity index (χ0n) is 10.5. The highest BCUT2D eigenvalue weighted by molar-refractivity contribution is 9.10. The summed E-state index contributed by atoms with van der Waals surface area (Å²) in [4.78, 5) is 8.01. The second-order valence-electron chi connectivity index (χ2n) is 4.17. The molecule has 0 N–H and O–H groups in total. The van der Waals surface area contributed by atoms with Crippen LogP contribution in [0.3, 0.4) is 0 Å². The maximum Gasteiger partial charge on any atom is 0.223 e. The fourth-order valence-electron chi connectivity index (χ4n) is 1.84. The molecule has 0 radical (unpaired) electrons. The van der Waals surface area contributed by atoms with Crippen LogP contribution in [0, 0.1) is 0 Å². The van der Waals surface area contributed by atoms with Gasteiger partial charge in [0, 0.05) is 6.07 Å². The molecular formula is C16H11BrN2O. The van der Waals surface area contributed by atoms with Gasteiger partial charge in [0.25, 0.3) is 0 Å². The average molecular weight is 327 g/mol. The summed E-state index contributed by atoms with van der Waals surface area (Å²) >= 11 is 3.29. The molecule has 0 atom stereocenters. The highest BCUT2D eigenvalue weighted by atomic mass is 79.9. The molecule has 0 unspecified atom stereocenters. The second kappa shape index (κ2) is 5.84. The molecule has 0 aliphatic heterocycles. The van der Waals surface area contributed by atoms with E-state index >= 15 is 0 Å². The number of hydrogen-bond donors (Lipinski definition) is 0. The molecule has 3 aromatic rings. The molecule has 3 rings (SSSR count). The van der Waals surface area contributed by atoms with Crippen LogP contribution in [0.15, 0.2) is 71.6 Å². The summed E-state index contributed by atoms with van der Waals surface area (Å²) in [5.41, 5.74) is 2.34. The Morgan fingerprint density at radius 3 is 2.20 bits per heavy atom. The van der Waals surface area contributed by atoms with Crippen molar-refractivity contribution >= 4 is 15.9 Å². The van der Waals surface area contributed by atoms with Crippen molar-refractivity contribution in [3.05, 3.63) is 71.6 Å². The van der Waals surface area contributed by atoms with Crippen molar-refractivity contribution in [2.75, 3.05) is 0 Å². The third-order valence-corrected chi connectivity index (χ3v) is 3.23. The lowest BCUT2D eigenvalue weighted by atomic mass is 10.1. The SMILES string of the molecule is Brc1cc(Oc2ccc(-c3ccccc3)cc2)ncn1. The number of halogens is 1. The van der Waals surface area contributed by atoms with Crippen molar-refractivity contribution in [2.45, 2.75) is 0 Å². The maximum absolute atomic E-state index is 5.67. The van der Waals surface area contributed by atoms with Gasteiger partial charge in [0.15, 0.2) is 0 Å². The lowest BCUT2D eigenvalue weighted by molar-refractivity contribution is 0.461. The Hall–Kier alpha value is -2.20. The van der Waals surface area contributed by atoms with Gasteiger partial charge in [-0.3, -0.25) is 0 Å². The van der Waals surface area contributed by atoms with E-state index in [1.807, 2.05) is 42.5 Å². The highest BCUT2D eigenvalue weighted by Crippen LogP contribution is 2.25. The largest absolute Gasteiger partial charge is 0.439 e. The van der Waals surface area contributed by atoms with Gasteiger partial charge in [0.1, 0.15) is 16.7 Å². The summed E-state index contributed by atoms with van der Waals surface area (Å²) in [5, 5.41) is 0. The first-order valence-electron chi connectivity index (χ1n) is 6.12. The predicted molar refractivity (Wildman–Crippen MR) is 81.7 cm³/mol. The van der Waals surface area contributed by atoms with Crippen molar-refractivity contribution in [3.8, 4) is 22.8 Å². The van der Waals surface area contributed by atoms with Crippen LogP contribution in [0.2, 0.25) is 0 Å². The van der Waals surface area contributed by atoms with E-state index in [1.54, 1.807) is 6.07 Å². The molecule has 0 saturated carbocycles. The minimum Gasteiger partial charge on any atom is -0.439 e. The van der Waals surface area contributed by atoms with Gasteiger partial charge in [-0.2, -0.15) is 0 Å². The number of hydrogen-bond acceptors (Lipinski definition) is 3. The quantitative estimate of drug-likeness (QED) is 0.654. The van der Waals surface area contributed by atoms with Crippen molar-refractivity contribution in [3.63, 3.8) is 0 Å². The number of nitrogens with zero attached hydrogens (tertiary/aromatic N) is 2. The van der Waals surface area contributed by atoms with Crippen LogP contribution < -0.4 is 4.74 Å². The van der Waals surface area contributed by atoms with Crippen LogP contribution in [0.25, 0.3) is 11.1 Å². The molecule has 0 saturated heterocycles. The highest BCUT2D eigenvalue weighted by Gasteiger charge is 2.01. The molecular weight excluding hydrogens is 316 g/mol. The monoisotopic (exact) mass is 326 g/mol. The number of aromatic nitrogens is 2. The van der Waals surface area contributed by atoms with Gasteiger partial charge in [-0.15, -0.1) is 0 Å². The molecule has 0 aliphatic rings. The van der Waals surface area contributed by atoms with Gasteiger partial charge in [-0.05, 0) is 39.2 Å². The van der Waals surface area contributed by atoms with Crippen molar-refractivity contribution in [2.24, 2.45) is 0 Å². The summed E-state index contributed by atoms with van der Waals surface area (Å²) in [6, 6.07) is 19.9. The molecule has 1 aromatic heterocycles. The first kappa shape index (κ1) is 12.8. The first-order chi connectivity index (χ1) is 9.81. The Labute approximate surface area is 125 Å². The zero-order chi connectivity index (χ0) is 13.8. The van der Waals surface area contributed by atoms with Gasteiger partial charge < -0.3 is 4.74 Å². The molecule has 0 spiro atoms. The van der Waals surface area contributed by atoms with E-state index in [0.717, 1.165) is 11.3 Å². The van der Waals surface area contributed by atoms with Crippen LogP contribution in [-0.4, -0.2) is 9.97 Å². The molecule has 0 aliphatic carbocycles. The molecule has 3 nitrogen and oxygen atoms in total. The number of benzene rings is 2. The normalized spacial score (nSPS) is 10.2.